The third kappa shape index (κ3) is 5.90. The number of imide groups is 2. The first-order valence-corrected chi connectivity index (χ1v) is 16.1. The Kier molecular flexibility index (Phi) is 8.73. The minimum Gasteiger partial charge on any atom is -0.462 e. The molecule has 50 heavy (non-hydrogen) atoms. The highest BCUT2D eigenvalue weighted by molar-refractivity contribution is 6.46. The van der Waals surface area contributed by atoms with Crippen molar-refractivity contribution >= 4 is 41.3 Å². The molecule has 4 amide bonds. The number of hydrogen-bond donors (Lipinski definition) is 0. The zero-order chi connectivity index (χ0) is 34.6. The molecule has 0 atom stereocenters. The van der Waals surface area contributed by atoms with Crippen LogP contribution in [0.5, 0.6) is 0 Å². The average Bonchev–Trinajstić information content (AvgIpc) is 3.54. The molecule has 1 aliphatic rings. The van der Waals surface area contributed by atoms with Crippen molar-refractivity contribution in [2.75, 3.05) is 16.4 Å². The number of hydrogen-bond acceptors (Lipinski definition) is 5. The lowest BCUT2D eigenvalue weighted by Crippen LogP contribution is -2.57. The summed E-state index contributed by atoms with van der Waals surface area (Å²) < 4.78 is 7.25. The van der Waals surface area contributed by atoms with Crippen LogP contribution in [0.25, 0.3) is 34.3 Å². The van der Waals surface area contributed by atoms with E-state index in [1.54, 1.807) is 85.8 Å². The maximum absolute atomic E-state index is 14.3. The Labute approximate surface area is 289 Å². The van der Waals surface area contributed by atoms with Crippen LogP contribution in [0.1, 0.15) is 22.8 Å². The molecule has 244 valence electrons. The van der Waals surface area contributed by atoms with Crippen molar-refractivity contribution in [1.82, 2.24) is 4.57 Å². The van der Waals surface area contributed by atoms with E-state index >= 15 is 0 Å². The summed E-state index contributed by atoms with van der Waals surface area (Å²) in [7, 11) is 0. The second-order valence-electron chi connectivity index (χ2n) is 11.5. The number of amides is 4. The summed E-state index contributed by atoms with van der Waals surface area (Å²) in [6.45, 7) is 2.02. The summed E-state index contributed by atoms with van der Waals surface area (Å²) in [4.78, 5) is 57.1. The molecule has 1 aliphatic heterocycles. The topological polar surface area (TPSA) is 88.9 Å². The number of urea groups is 1. The van der Waals surface area contributed by atoms with Crippen LogP contribution in [-0.2, 0) is 14.3 Å². The number of carbonyl (C=O) groups excluding carboxylic acids is 4. The van der Waals surface area contributed by atoms with Gasteiger partial charge in [0.05, 0.1) is 34.9 Å². The molecule has 6 aromatic rings. The van der Waals surface area contributed by atoms with Gasteiger partial charge in [0.15, 0.2) is 0 Å². The van der Waals surface area contributed by atoms with E-state index in [0.29, 0.717) is 28.2 Å². The summed E-state index contributed by atoms with van der Waals surface area (Å²) >= 11 is 0. The Morgan fingerprint density at radius 1 is 0.600 bits per heavy atom. The quantitative estimate of drug-likeness (QED) is 0.0930. The van der Waals surface area contributed by atoms with Crippen molar-refractivity contribution in [3.8, 4) is 28.2 Å². The standard InChI is InChI=1S/C42H31N3O5/c1-2-50-41(48)31-23-25-35(26-24-31)43-37(29-15-7-3-8-16-29)28-32(38(43)30-17-9-4-10-18-30)27-36-39(46)44(33-19-11-5-12-20-33)42(49)45(40(36)47)34-21-13-6-14-22-34/h3-28H,2H2,1H3. The average molecular weight is 658 g/mol. The fraction of sp³-hybridized carbons (Fsp3) is 0.0476. The number of esters is 1. The van der Waals surface area contributed by atoms with Gasteiger partial charge in [0, 0.05) is 11.3 Å². The predicted octanol–water partition coefficient (Wildman–Crippen LogP) is 8.57. The smallest absolute Gasteiger partial charge is 0.343 e. The number of ether oxygens (including phenoxy) is 1. The summed E-state index contributed by atoms with van der Waals surface area (Å²) in [5.74, 6) is -1.88. The zero-order valence-corrected chi connectivity index (χ0v) is 27.1. The molecule has 5 aromatic carbocycles. The fourth-order valence-electron chi connectivity index (χ4n) is 6.08. The van der Waals surface area contributed by atoms with Gasteiger partial charge in [0.1, 0.15) is 5.57 Å². The molecule has 8 nitrogen and oxygen atoms in total. The molecule has 0 bridgehead atoms. The third-order valence-corrected chi connectivity index (χ3v) is 8.36. The van der Waals surface area contributed by atoms with Gasteiger partial charge in [-0.05, 0) is 78.7 Å². The van der Waals surface area contributed by atoms with Crippen LogP contribution in [0.4, 0.5) is 16.2 Å². The first-order valence-electron chi connectivity index (χ1n) is 16.1. The summed E-state index contributed by atoms with van der Waals surface area (Å²) in [5, 5.41) is 0. The van der Waals surface area contributed by atoms with Gasteiger partial charge in [0.2, 0.25) is 0 Å². The summed E-state index contributed by atoms with van der Waals surface area (Å²) in [6, 6.07) is 44.8. The van der Waals surface area contributed by atoms with Gasteiger partial charge in [-0.2, -0.15) is 0 Å². The van der Waals surface area contributed by atoms with Crippen LogP contribution in [0.3, 0.4) is 0 Å². The van der Waals surface area contributed by atoms with E-state index in [0.717, 1.165) is 32.3 Å². The molecule has 8 heteroatoms. The number of barbiturate groups is 1. The molecule has 0 aliphatic carbocycles. The lowest BCUT2D eigenvalue weighted by molar-refractivity contribution is -0.121. The van der Waals surface area contributed by atoms with E-state index in [-0.39, 0.29) is 12.2 Å². The highest BCUT2D eigenvalue weighted by Gasteiger charge is 2.44. The van der Waals surface area contributed by atoms with Gasteiger partial charge in [-0.3, -0.25) is 9.59 Å². The Morgan fingerprint density at radius 2 is 1.08 bits per heavy atom. The molecular formula is C42H31N3O5. The molecule has 0 unspecified atom stereocenters. The van der Waals surface area contributed by atoms with Crippen LogP contribution in [0.15, 0.2) is 157 Å². The van der Waals surface area contributed by atoms with Crippen molar-refractivity contribution in [3.63, 3.8) is 0 Å². The minimum absolute atomic E-state index is 0.177. The Balaban J connectivity index is 1.48. The SMILES string of the molecule is CCOC(=O)c1ccc(-n2c(-c3ccccc3)cc(C=C3C(=O)N(c4ccccc4)C(=O)N(c4ccccc4)C3=O)c2-c2ccccc2)cc1. The number of nitrogens with zero attached hydrogens (tertiary/aromatic N) is 3. The van der Waals surface area contributed by atoms with E-state index < -0.39 is 23.8 Å². The zero-order valence-electron chi connectivity index (χ0n) is 27.1. The molecular weight excluding hydrogens is 626 g/mol. The van der Waals surface area contributed by atoms with Gasteiger partial charge in [-0.25, -0.2) is 19.4 Å². The van der Waals surface area contributed by atoms with Crippen LogP contribution in [0.2, 0.25) is 0 Å². The molecule has 1 fully saturated rings. The van der Waals surface area contributed by atoms with E-state index in [1.807, 2.05) is 83.4 Å². The number of carbonyl (C=O) groups is 4. The van der Waals surface area contributed by atoms with Gasteiger partial charge in [0.25, 0.3) is 11.8 Å². The molecule has 7 rings (SSSR count). The van der Waals surface area contributed by atoms with E-state index in [1.165, 1.54) is 0 Å². The summed E-state index contributed by atoms with van der Waals surface area (Å²) in [5.41, 5.74) is 5.44. The van der Waals surface area contributed by atoms with Gasteiger partial charge in [-0.1, -0.05) is 97.1 Å². The summed E-state index contributed by atoms with van der Waals surface area (Å²) in [6.07, 6.45) is 1.57. The molecule has 0 spiro atoms. The van der Waals surface area contributed by atoms with Crippen molar-refractivity contribution in [2.45, 2.75) is 6.92 Å². The van der Waals surface area contributed by atoms with Crippen molar-refractivity contribution in [3.05, 3.63) is 168 Å². The molecule has 0 saturated carbocycles. The van der Waals surface area contributed by atoms with Crippen LogP contribution < -0.4 is 9.80 Å². The second-order valence-corrected chi connectivity index (χ2v) is 11.5. The lowest BCUT2D eigenvalue weighted by atomic mass is 10.0. The maximum Gasteiger partial charge on any atom is 0.343 e. The fourth-order valence-corrected chi connectivity index (χ4v) is 6.08. The Hall–Kier alpha value is -6.80. The van der Waals surface area contributed by atoms with Gasteiger partial charge in [-0.15, -0.1) is 0 Å². The minimum atomic E-state index is -0.762. The van der Waals surface area contributed by atoms with Crippen LogP contribution in [0, 0.1) is 0 Å². The van der Waals surface area contributed by atoms with Crippen molar-refractivity contribution in [1.29, 1.82) is 0 Å². The molecule has 0 radical (unpaired) electrons. The lowest BCUT2D eigenvalue weighted by Gasteiger charge is -2.33. The Bertz CT molecular complexity index is 2160. The molecule has 0 N–H and O–H groups in total. The first kappa shape index (κ1) is 31.8. The second kappa shape index (κ2) is 13.7. The third-order valence-electron chi connectivity index (χ3n) is 8.36. The van der Waals surface area contributed by atoms with Crippen molar-refractivity contribution < 1.29 is 23.9 Å². The number of para-hydroxylation sites is 2. The largest absolute Gasteiger partial charge is 0.462 e. The molecule has 2 heterocycles. The highest BCUT2D eigenvalue weighted by Crippen LogP contribution is 2.38. The van der Waals surface area contributed by atoms with E-state index in [2.05, 4.69) is 0 Å². The van der Waals surface area contributed by atoms with E-state index in [9.17, 15) is 19.2 Å². The van der Waals surface area contributed by atoms with Crippen LogP contribution >= 0.6 is 0 Å². The predicted molar refractivity (Wildman–Crippen MR) is 194 cm³/mol. The first-order chi connectivity index (χ1) is 24.5. The maximum atomic E-state index is 14.3. The normalized spacial score (nSPS) is 13.1. The van der Waals surface area contributed by atoms with Crippen LogP contribution in [-0.4, -0.2) is 35.0 Å². The number of rotatable bonds is 8. The molecule has 1 saturated heterocycles. The van der Waals surface area contributed by atoms with Gasteiger partial charge < -0.3 is 9.30 Å². The monoisotopic (exact) mass is 657 g/mol. The number of benzene rings is 5. The highest BCUT2D eigenvalue weighted by atomic mass is 16.5. The number of aromatic nitrogens is 1. The van der Waals surface area contributed by atoms with Crippen molar-refractivity contribution in [2.24, 2.45) is 0 Å². The van der Waals surface area contributed by atoms with Gasteiger partial charge >= 0.3 is 12.0 Å². The van der Waals surface area contributed by atoms with E-state index in [4.69, 9.17) is 4.74 Å². The molecule has 1 aromatic heterocycles. The number of anilines is 2. The Morgan fingerprint density at radius 3 is 1.58 bits per heavy atom.